The minimum atomic E-state index is 0. The first-order valence-electron chi connectivity index (χ1n) is 14.5. The first-order chi connectivity index (χ1) is 18.3. The predicted octanol–water partition coefficient (Wildman–Crippen LogP) is 10.8. The van der Waals surface area contributed by atoms with Crippen molar-refractivity contribution in [1.29, 1.82) is 0 Å². The Labute approximate surface area is 263 Å². The van der Waals surface area contributed by atoms with Gasteiger partial charge in [0.15, 0.2) is 0 Å². The minimum Gasteiger partial charge on any atom is -0.199 e. The summed E-state index contributed by atoms with van der Waals surface area (Å²) in [7, 11) is 0. The molecule has 0 nitrogen and oxygen atoms in total. The molecule has 0 bridgehead atoms. The average molecular weight is 607 g/mol. The quantitative estimate of drug-likeness (QED) is 0.179. The number of benzene rings is 3. The molecule has 0 amide bonds. The average Bonchev–Trinajstić information content (AvgIpc) is 3.32. The summed E-state index contributed by atoms with van der Waals surface area (Å²) in [6.07, 6.45) is 2.23. The van der Waals surface area contributed by atoms with Crippen LogP contribution in [0.25, 0.3) is 21.5 Å². The van der Waals surface area contributed by atoms with E-state index in [9.17, 15) is 0 Å². The third-order valence-electron chi connectivity index (χ3n) is 10.2. The zero-order valence-electron chi connectivity index (χ0n) is 27.0. The van der Waals surface area contributed by atoms with Crippen molar-refractivity contribution in [2.24, 2.45) is 0 Å². The molecule has 0 fully saturated rings. The van der Waals surface area contributed by atoms with Crippen LogP contribution in [0.3, 0.4) is 0 Å². The fourth-order valence-corrected chi connectivity index (χ4v) is 6.87. The Balaban J connectivity index is 0.000000482. The van der Waals surface area contributed by atoms with Crippen molar-refractivity contribution in [1.82, 2.24) is 0 Å². The second-order valence-corrected chi connectivity index (χ2v) is 11.9. The molecule has 1 heteroatoms. The summed E-state index contributed by atoms with van der Waals surface area (Å²) in [6.45, 7) is 31.5. The van der Waals surface area contributed by atoms with Crippen molar-refractivity contribution in [3.8, 4) is 0 Å². The van der Waals surface area contributed by atoms with Crippen molar-refractivity contribution >= 4 is 21.5 Å². The number of rotatable bonds is 3. The molecule has 0 aromatic heterocycles. The molecular weight excluding hydrogens is 560 g/mol. The van der Waals surface area contributed by atoms with Crippen LogP contribution in [-0.4, -0.2) is 0 Å². The first-order valence-corrected chi connectivity index (χ1v) is 14.5. The fraction of sp³-hybridized carbons (Fsp3) is 0.359. The topological polar surface area (TPSA) is 0 Å². The standard InChI is InChI=1S/C32H40.C7H7.Zr/c1-15-17(3)23(9)31-27(19(5)25(11)29(31)21(15)7)13-14-28-20(6)26(12)30-22(8)16(2)18(4)24(10)32(28)30;1-7-5-3-2-4-6-7;/h13-14H2,1-12H3;2-6H,1H2;/q-2;-1;+3. The van der Waals surface area contributed by atoms with Gasteiger partial charge in [-0.05, 0) is 41.5 Å². The Morgan fingerprint density at radius 2 is 0.775 bits per heavy atom. The van der Waals surface area contributed by atoms with Crippen LogP contribution in [0.4, 0.5) is 0 Å². The van der Waals surface area contributed by atoms with E-state index in [0.717, 1.165) is 18.4 Å². The van der Waals surface area contributed by atoms with Gasteiger partial charge in [0.1, 0.15) is 0 Å². The van der Waals surface area contributed by atoms with Crippen molar-refractivity contribution in [2.75, 3.05) is 0 Å². The van der Waals surface area contributed by atoms with Gasteiger partial charge in [0.2, 0.25) is 0 Å². The van der Waals surface area contributed by atoms with E-state index < -0.39 is 0 Å². The summed E-state index contributed by atoms with van der Waals surface area (Å²) in [5, 5.41) is 6.09. The number of aryl methyl sites for hydroxylation is 8. The molecule has 0 saturated carbocycles. The van der Waals surface area contributed by atoms with Gasteiger partial charge in [-0.3, -0.25) is 0 Å². The SMILES string of the molecule is Cc1c(C)c(C)c2c(c1C)c(C)c(C)[c-]2CC[c-]1c(C)c(C)c2c(C)c(C)c(C)c(C)c21.[CH2-]c1ccccc1.[Zr+3]. The fourth-order valence-electron chi connectivity index (χ4n) is 6.87. The molecule has 0 atom stereocenters. The Hall–Kier alpha value is -2.37. The first kappa shape index (κ1) is 32.2. The van der Waals surface area contributed by atoms with E-state index in [4.69, 9.17) is 0 Å². The monoisotopic (exact) mass is 605 g/mol. The molecule has 5 rings (SSSR count). The van der Waals surface area contributed by atoms with Crippen LogP contribution in [0.15, 0.2) is 30.3 Å². The maximum absolute atomic E-state index is 3.72. The zero-order valence-corrected chi connectivity index (χ0v) is 29.5. The van der Waals surface area contributed by atoms with E-state index in [2.05, 4.69) is 90.0 Å². The molecule has 0 heterocycles. The summed E-state index contributed by atoms with van der Waals surface area (Å²) in [5.74, 6) is 0. The third-order valence-corrected chi connectivity index (χ3v) is 10.2. The second-order valence-electron chi connectivity index (χ2n) is 11.9. The van der Waals surface area contributed by atoms with E-state index >= 15 is 0 Å². The normalized spacial score (nSPS) is 11.1. The summed E-state index contributed by atoms with van der Waals surface area (Å²) in [4.78, 5) is 0. The maximum atomic E-state index is 3.72. The van der Waals surface area contributed by atoms with Crippen molar-refractivity contribution < 1.29 is 26.2 Å². The van der Waals surface area contributed by atoms with E-state index in [0.29, 0.717) is 0 Å². The number of fused-ring (bicyclic) bond motifs is 2. The predicted molar refractivity (Wildman–Crippen MR) is 174 cm³/mol. The van der Waals surface area contributed by atoms with Crippen LogP contribution in [0.1, 0.15) is 83.5 Å². The molecule has 0 spiro atoms. The van der Waals surface area contributed by atoms with Crippen LogP contribution in [0.5, 0.6) is 0 Å². The second kappa shape index (κ2) is 12.2. The van der Waals surface area contributed by atoms with Gasteiger partial charge in [-0.25, -0.2) is 0 Å². The Bertz CT molecular complexity index is 1590. The van der Waals surface area contributed by atoms with Crippen LogP contribution >= 0.6 is 0 Å². The molecule has 40 heavy (non-hydrogen) atoms. The molecule has 0 aliphatic heterocycles. The largest absolute Gasteiger partial charge is 3.00 e. The van der Waals surface area contributed by atoms with E-state index in [1.165, 1.54) is 88.3 Å². The summed E-state index contributed by atoms with van der Waals surface area (Å²) < 4.78 is 0. The van der Waals surface area contributed by atoms with E-state index in [1.54, 1.807) is 11.1 Å². The number of hydrogen-bond acceptors (Lipinski definition) is 0. The van der Waals surface area contributed by atoms with Gasteiger partial charge < -0.3 is 0 Å². The van der Waals surface area contributed by atoms with Gasteiger partial charge in [0.25, 0.3) is 0 Å². The zero-order chi connectivity index (χ0) is 28.9. The Morgan fingerprint density at radius 3 is 1.07 bits per heavy atom. The van der Waals surface area contributed by atoms with Crippen LogP contribution in [0.2, 0.25) is 0 Å². The minimum absolute atomic E-state index is 0. The smallest absolute Gasteiger partial charge is 0.199 e. The van der Waals surface area contributed by atoms with Gasteiger partial charge in [0.05, 0.1) is 0 Å². The molecule has 0 aliphatic carbocycles. The molecule has 5 aromatic carbocycles. The summed E-state index contributed by atoms with van der Waals surface area (Å²) >= 11 is 0. The Morgan fingerprint density at radius 1 is 0.450 bits per heavy atom. The van der Waals surface area contributed by atoms with Crippen LogP contribution in [-0.2, 0) is 39.0 Å². The molecule has 0 unspecified atom stereocenters. The van der Waals surface area contributed by atoms with Crippen molar-refractivity contribution in [3.05, 3.63) is 121 Å². The molecular formula is C39H47Zr. The molecule has 1 radical (unpaired) electrons. The summed E-state index contributed by atoms with van der Waals surface area (Å²) in [6, 6.07) is 9.87. The maximum Gasteiger partial charge on any atom is 3.00 e. The van der Waals surface area contributed by atoms with Crippen molar-refractivity contribution in [3.63, 3.8) is 0 Å². The van der Waals surface area contributed by atoms with E-state index in [-0.39, 0.29) is 26.2 Å². The van der Waals surface area contributed by atoms with Gasteiger partial charge in [0, 0.05) is 0 Å². The van der Waals surface area contributed by atoms with Gasteiger partial charge in [-0.1, -0.05) is 93.8 Å². The molecule has 0 N–H and O–H groups in total. The molecule has 0 aliphatic rings. The van der Waals surface area contributed by atoms with Gasteiger partial charge >= 0.3 is 26.2 Å². The van der Waals surface area contributed by atoms with Gasteiger partial charge in [-0.2, -0.15) is 35.7 Å². The van der Waals surface area contributed by atoms with Crippen LogP contribution in [0, 0.1) is 90.0 Å². The summed E-state index contributed by atoms with van der Waals surface area (Å²) in [5.41, 5.74) is 21.9. The van der Waals surface area contributed by atoms with Crippen LogP contribution < -0.4 is 0 Å². The molecule has 0 saturated heterocycles. The third kappa shape index (κ3) is 5.20. The molecule has 5 aromatic rings. The Kier molecular flexibility index (Phi) is 9.84. The number of hydrogen-bond donors (Lipinski definition) is 0. The van der Waals surface area contributed by atoms with Gasteiger partial charge in [-0.15, -0.1) is 67.1 Å². The van der Waals surface area contributed by atoms with E-state index in [1.807, 2.05) is 30.3 Å². The van der Waals surface area contributed by atoms with Crippen molar-refractivity contribution in [2.45, 2.75) is 95.9 Å². The molecule has 207 valence electrons.